The van der Waals surface area contributed by atoms with Crippen LogP contribution >= 0.6 is 0 Å². The van der Waals surface area contributed by atoms with Gasteiger partial charge in [0.2, 0.25) is 0 Å². The second-order valence-corrected chi connectivity index (χ2v) is 5.53. The zero-order valence-electron chi connectivity index (χ0n) is 11.5. The summed E-state index contributed by atoms with van der Waals surface area (Å²) in [6.07, 6.45) is 0.524. The molecule has 5 heteroatoms. The summed E-state index contributed by atoms with van der Waals surface area (Å²) in [5.41, 5.74) is -0.978. The molecule has 2 heterocycles. The Bertz CT molecular complexity index is 547. The van der Waals surface area contributed by atoms with Gasteiger partial charge in [0.05, 0.1) is 5.60 Å². The van der Waals surface area contributed by atoms with Crippen molar-refractivity contribution in [2.45, 2.75) is 32.8 Å². The minimum atomic E-state index is -0.746. The van der Waals surface area contributed by atoms with Crippen LogP contribution in [0.4, 0.5) is 0 Å². The van der Waals surface area contributed by atoms with E-state index in [1.807, 2.05) is 6.92 Å². The molecule has 2 atom stereocenters. The number of piperidine rings is 1. The third-order valence-corrected chi connectivity index (χ3v) is 3.83. The molecule has 1 aliphatic heterocycles. The molecule has 0 unspecified atom stereocenters. The molecule has 104 valence electrons. The standard InChI is InChI=1S/C14H19NO4/c1-9-8-15(5-4-14(9,3)18)13(17)12-7-11(16)6-10(2)19-12/h6-7,9,18H,4-5,8H2,1-3H3/t9-,14+/m1/s1. The van der Waals surface area contributed by atoms with Crippen LogP contribution in [0.3, 0.4) is 0 Å². The summed E-state index contributed by atoms with van der Waals surface area (Å²) in [6, 6.07) is 2.56. The molecule has 1 amide bonds. The van der Waals surface area contributed by atoms with Gasteiger partial charge >= 0.3 is 0 Å². The van der Waals surface area contributed by atoms with E-state index in [0.717, 1.165) is 0 Å². The van der Waals surface area contributed by atoms with E-state index in [1.54, 1.807) is 18.7 Å². The average molecular weight is 265 g/mol. The first-order chi connectivity index (χ1) is 8.79. The van der Waals surface area contributed by atoms with Gasteiger partial charge in [-0.15, -0.1) is 0 Å². The number of amides is 1. The minimum Gasteiger partial charge on any atom is -0.456 e. The number of carbonyl (C=O) groups is 1. The van der Waals surface area contributed by atoms with Crippen LogP contribution in [0, 0.1) is 12.8 Å². The van der Waals surface area contributed by atoms with Gasteiger partial charge in [-0.3, -0.25) is 9.59 Å². The lowest BCUT2D eigenvalue weighted by Gasteiger charge is -2.40. The van der Waals surface area contributed by atoms with Crippen molar-refractivity contribution in [2.24, 2.45) is 5.92 Å². The Morgan fingerprint density at radius 3 is 2.79 bits per heavy atom. The molecule has 1 aliphatic rings. The van der Waals surface area contributed by atoms with Crippen LogP contribution in [0.15, 0.2) is 21.3 Å². The number of likely N-dealkylation sites (tertiary alicyclic amines) is 1. The predicted molar refractivity (Wildman–Crippen MR) is 70.0 cm³/mol. The van der Waals surface area contributed by atoms with E-state index >= 15 is 0 Å². The highest BCUT2D eigenvalue weighted by Crippen LogP contribution is 2.27. The van der Waals surface area contributed by atoms with E-state index in [9.17, 15) is 14.7 Å². The zero-order chi connectivity index (χ0) is 14.2. The lowest BCUT2D eigenvalue weighted by atomic mass is 9.84. The van der Waals surface area contributed by atoms with Crippen LogP contribution in [-0.4, -0.2) is 34.6 Å². The molecular weight excluding hydrogens is 246 g/mol. The van der Waals surface area contributed by atoms with Crippen LogP contribution in [0.2, 0.25) is 0 Å². The van der Waals surface area contributed by atoms with Gasteiger partial charge in [0, 0.05) is 31.1 Å². The Morgan fingerprint density at radius 2 is 2.21 bits per heavy atom. The lowest BCUT2D eigenvalue weighted by Crippen LogP contribution is -2.50. The van der Waals surface area contributed by atoms with E-state index < -0.39 is 5.60 Å². The maximum absolute atomic E-state index is 12.3. The van der Waals surface area contributed by atoms with Crippen molar-refractivity contribution in [1.82, 2.24) is 4.90 Å². The summed E-state index contributed by atoms with van der Waals surface area (Å²) in [5.74, 6) is 0.191. The number of carbonyl (C=O) groups excluding carboxylic acids is 1. The summed E-state index contributed by atoms with van der Waals surface area (Å²) in [4.78, 5) is 25.3. The molecule has 0 saturated carbocycles. The Morgan fingerprint density at radius 1 is 1.53 bits per heavy atom. The highest BCUT2D eigenvalue weighted by molar-refractivity contribution is 5.91. The number of rotatable bonds is 1. The monoisotopic (exact) mass is 265 g/mol. The molecule has 0 bridgehead atoms. The summed E-state index contributed by atoms with van der Waals surface area (Å²) < 4.78 is 5.31. The van der Waals surface area contributed by atoms with Gasteiger partial charge in [0.25, 0.3) is 5.91 Å². The van der Waals surface area contributed by atoms with Crippen LogP contribution in [-0.2, 0) is 0 Å². The number of hydrogen-bond acceptors (Lipinski definition) is 4. The predicted octanol–water partition coefficient (Wildman–Crippen LogP) is 1.18. The van der Waals surface area contributed by atoms with Gasteiger partial charge in [-0.25, -0.2) is 0 Å². The summed E-state index contributed by atoms with van der Waals surface area (Å²) in [7, 11) is 0. The fourth-order valence-corrected chi connectivity index (χ4v) is 2.28. The Labute approximate surface area is 111 Å². The molecule has 19 heavy (non-hydrogen) atoms. The van der Waals surface area contributed by atoms with Gasteiger partial charge in [0.15, 0.2) is 11.2 Å². The average Bonchev–Trinajstić information content (AvgIpc) is 2.30. The van der Waals surface area contributed by atoms with Gasteiger partial charge in [-0.1, -0.05) is 6.92 Å². The van der Waals surface area contributed by atoms with Crippen molar-refractivity contribution >= 4 is 5.91 Å². The normalized spacial score (nSPS) is 27.4. The van der Waals surface area contributed by atoms with Crippen molar-refractivity contribution in [3.8, 4) is 0 Å². The van der Waals surface area contributed by atoms with Gasteiger partial charge < -0.3 is 14.4 Å². The van der Waals surface area contributed by atoms with Crippen molar-refractivity contribution in [3.05, 3.63) is 33.9 Å². The highest BCUT2D eigenvalue weighted by Gasteiger charge is 2.36. The highest BCUT2D eigenvalue weighted by atomic mass is 16.3. The van der Waals surface area contributed by atoms with Crippen LogP contribution in [0.25, 0.3) is 0 Å². The Hall–Kier alpha value is -1.62. The topological polar surface area (TPSA) is 70.8 Å². The molecule has 1 aromatic rings. The van der Waals surface area contributed by atoms with Gasteiger partial charge in [0.1, 0.15) is 5.76 Å². The number of nitrogens with zero attached hydrogens (tertiary/aromatic N) is 1. The van der Waals surface area contributed by atoms with Gasteiger partial charge in [-0.2, -0.15) is 0 Å². The first-order valence-corrected chi connectivity index (χ1v) is 6.43. The van der Waals surface area contributed by atoms with E-state index in [4.69, 9.17) is 4.42 Å². The van der Waals surface area contributed by atoms with Crippen molar-refractivity contribution in [2.75, 3.05) is 13.1 Å². The summed E-state index contributed by atoms with van der Waals surface area (Å²) in [6.45, 7) is 6.26. The second kappa shape index (κ2) is 4.81. The van der Waals surface area contributed by atoms with Crippen LogP contribution < -0.4 is 5.43 Å². The fraction of sp³-hybridized carbons (Fsp3) is 0.571. The quantitative estimate of drug-likeness (QED) is 0.827. The van der Waals surface area contributed by atoms with Crippen molar-refractivity contribution < 1.29 is 14.3 Å². The van der Waals surface area contributed by atoms with E-state index in [-0.39, 0.29) is 23.0 Å². The van der Waals surface area contributed by atoms with Crippen molar-refractivity contribution in [1.29, 1.82) is 0 Å². The second-order valence-electron chi connectivity index (χ2n) is 5.53. The third-order valence-electron chi connectivity index (χ3n) is 3.83. The van der Waals surface area contributed by atoms with Crippen LogP contribution in [0.5, 0.6) is 0 Å². The number of hydrogen-bond donors (Lipinski definition) is 1. The smallest absolute Gasteiger partial charge is 0.289 e. The Balaban J connectivity index is 2.19. The van der Waals surface area contributed by atoms with E-state index in [0.29, 0.717) is 25.3 Å². The van der Waals surface area contributed by atoms with E-state index in [2.05, 4.69) is 0 Å². The van der Waals surface area contributed by atoms with Crippen molar-refractivity contribution in [3.63, 3.8) is 0 Å². The number of aliphatic hydroxyl groups is 1. The zero-order valence-corrected chi connectivity index (χ0v) is 11.5. The molecule has 1 aromatic heterocycles. The minimum absolute atomic E-state index is 0.0123. The molecule has 5 nitrogen and oxygen atoms in total. The molecular formula is C14H19NO4. The maximum atomic E-state index is 12.3. The SMILES string of the molecule is Cc1cc(=O)cc(C(=O)N2CC[C@](C)(O)[C@H](C)C2)o1. The molecule has 0 aliphatic carbocycles. The maximum Gasteiger partial charge on any atom is 0.289 e. The molecule has 1 saturated heterocycles. The molecule has 0 aromatic carbocycles. The van der Waals surface area contributed by atoms with Crippen LogP contribution in [0.1, 0.15) is 36.6 Å². The van der Waals surface area contributed by atoms with Gasteiger partial charge in [-0.05, 0) is 20.3 Å². The number of aryl methyl sites for hydroxylation is 1. The largest absolute Gasteiger partial charge is 0.456 e. The molecule has 1 N–H and O–H groups in total. The first kappa shape index (κ1) is 13.8. The van der Waals surface area contributed by atoms with E-state index in [1.165, 1.54) is 12.1 Å². The molecule has 0 radical (unpaired) electrons. The third kappa shape index (κ3) is 2.87. The Kier molecular flexibility index (Phi) is 3.49. The lowest BCUT2D eigenvalue weighted by molar-refractivity contribution is -0.0445. The summed E-state index contributed by atoms with van der Waals surface area (Å²) >= 11 is 0. The summed E-state index contributed by atoms with van der Waals surface area (Å²) in [5, 5.41) is 10.1. The molecule has 2 rings (SSSR count). The molecule has 1 fully saturated rings. The first-order valence-electron chi connectivity index (χ1n) is 6.43. The fourth-order valence-electron chi connectivity index (χ4n) is 2.28. The molecule has 0 spiro atoms.